The van der Waals surface area contributed by atoms with Gasteiger partial charge in [0.2, 0.25) is 0 Å². The van der Waals surface area contributed by atoms with Gasteiger partial charge in [-0.05, 0) is 25.7 Å². The molecular formula is C14H24ClN3O. The maximum atomic E-state index is 9.13. The van der Waals surface area contributed by atoms with E-state index in [1.165, 1.54) is 0 Å². The normalized spacial score (nSPS) is 12.8. The van der Waals surface area contributed by atoms with Crippen LogP contribution >= 0.6 is 11.6 Å². The maximum absolute atomic E-state index is 9.13. The van der Waals surface area contributed by atoms with Gasteiger partial charge in [0.15, 0.2) is 0 Å². The molecule has 0 fully saturated rings. The molecule has 0 saturated heterocycles. The van der Waals surface area contributed by atoms with Crippen LogP contribution in [0.3, 0.4) is 0 Å². The summed E-state index contributed by atoms with van der Waals surface area (Å²) < 4.78 is 0. The van der Waals surface area contributed by atoms with E-state index < -0.39 is 0 Å². The average molecular weight is 286 g/mol. The van der Waals surface area contributed by atoms with Crippen molar-refractivity contribution in [1.29, 1.82) is 0 Å². The van der Waals surface area contributed by atoms with Crippen LogP contribution in [0.25, 0.3) is 0 Å². The third kappa shape index (κ3) is 4.62. The Kier molecular flexibility index (Phi) is 6.52. The van der Waals surface area contributed by atoms with Gasteiger partial charge in [-0.2, -0.15) is 0 Å². The van der Waals surface area contributed by atoms with E-state index in [1.54, 1.807) is 0 Å². The van der Waals surface area contributed by atoms with E-state index in [9.17, 15) is 0 Å². The second-order valence-electron chi connectivity index (χ2n) is 5.16. The molecule has 1 heterocycles. The molecule has 0 amide bonds. The molecule has 1 aromatic rings. The van der Waals surface area contributed by atoms with Gasteiger partial charge in [0.05, 0.1) is 0 Å². The van der Waals surface area contributed by atoms with Crippen LogP contribution in [0, 0.1) is 12.8 Å². The van der Waals surface area contributed by atoms with Gasteiger partial charge in [-0.3, -0.25) is 0 Å². The second kappa shape index (κ2) is 7.65. The van der Waals surface area contributed by atoms with Crippen LogP contribution in [-0.2, 0) is 6.42 Å². The summed E-state index contributed by atoms with van der Waals surface area (Å²) in [7, 11) is 0. The molecule has 0 saturated carbocycles. The number of anilines is 1. The van der Waals surface area contributed by atoms with Crippen molar-refractivity contribution in [2.45, 2.75) is 53.0 Å². The van der Waals surface area contributed by atoms with Crippen molar-refractivity contribution in [3.63, 3.8) is 0 Å². The summed E-state index contributed by atoms with van der Waals surface area (Å²) in [6.07, 6.45) is 2.51. The Morgan fingerprint density at radius 2 is 2.00 bits per heavy atom. The molecule has 4 nitrogen and oxygen atoms in total. The van der Waals surface area contributed by atoms with Crippen LogP contribution in [0.15, 0.2) is 0 Å². The summed E-state index contributed by atoms with van der Waals surface area (Å²) in [5.74, 6) is 1.97. The summed E-state index contributed by atoms with van der Waals surface area (Å²) >= 11 is 6.15. The Balaban J connectivity index is 2.97. The number of aliphatic hydroxyl groups is 1. The Bertz CT molecular complexity index is 410. The summed E-state index contributed by atoms with van der Waals surface area (Å²) in [6.45, 7) is 8.41. The predicted octanol–water partition coefficient (Wildman–Crippen LogP) is 3.21. The van der Waals surface area contributed by atoms with Crippen molar-refractivity contribution in [3.8, 4) is 0 Å². The van der Waals surface area contributed by atoms with E-state index in [-0.39, 0.29) is 12.6 Å². The lowest BCUT2D eigenvalue weighted by molar-refractivity contribution is 0.267. The number of hydrogen-bond donors (Lipinski definition) is 2. The first-order chi connectivity index (χ1) is 8.99. The minimum absolute atomic E-state index is 0.162. The molecule has 0 aliphatic rings. The Hall–Kier alpha value is -0.870. The standard InChI is InChI=1S/C14H24ClN3O/c1-5-6-12-17-13(15)10(4)14(18-12)16-11(7-8-19)9(2)3/h9,11,19H,5-8H2,1-4H3,(H,16,17,18). The van der Waals surface area contributed by atoms with Crippen LogP contribution in [0.4, 0.5) is 5.82 Å². The van der Waals surface area contributed by atoms with E-state index in [0.29, 0.717) is 17.5 Å². The molecule has 5 heteroatoms. The van der Waals surface area contributed by atoms with E-state index in [2.05, 4.69) is 36.1 Å². The molecule has 0 aliphatic carbocycles. The second-order valence-corrected chi connectivity index (χ2v) is 5.52. The molecule has 0 spiro atoms. The van der Waals surface area contributed by atoms with Crippen LogP contribution in [0.5, 0.6) is 0 Å². The van der Waals surface area contributed by atoms with E-state index in [0.717, 1.165) is 30.0 Å². The smallest absolute Gasteiger partial charge is 0.137 e. The fraction of sp³-hybridized carbons (Fsp3) is 0.714. The number of nitrogens with one attached hydrogen (secondary N) is 1. The first kappa shape index (κ1) is 16.2. The van der Waals surface area contributed by atoms with Crippen LogP contribution in [-0.4, -0.2) is 27.7 Å². The molecule has 1 rings (SSSR count). The van der Waals surface area contributed by atoms with E-state index in [1.807, 2.05) is 6.92 Å². The Morgan fingerprint density at radius 3 is 2.53 bits per heavy atom. The highest BCUT2D eigenvalue weighted by molar-refractivity contribution is 6.30. The zero-order valence-corrected chi connectivity index (χ0v) is 13.0. The van der Waals surface area contributed by atoms with E-state index in [4.69, 9.17) is 16.7 Å². The first-order valence-corrected chi connectivity index (χ1v) is 7.27. The van der Waals surface area contributed by atoms with Gasteiger partial charge in [0.25, 0.3) is 0 Å². The molecule has 1 unspecified atom stereocenters. The van der Waals surface area contributed by atoms with Crippen LogP contribution in [0.1, 0.15) is 45.0 Å². The molecule has 19 heavy (non-hydrogen) atoms. The molecule has 0 aromatic carbocycles. The lowest BCUT2D eigenvalue weighted by atomic mass is 10.0. The van der Waals surface area contributed by atoms with Gasteiger partial charge in [-0.15, -0.1) is 0 Å². The summed E-state index contributed by atoms with van der Waals surface area (Å²) in [4.78, 5) is 8.83. The lowest BCUT2D eigenvalue weighted by Crippen LogP contribution is -2.28. The largest absolute Gasteiger partial charge is 0.396 e. The highest BCUT2D eigenvalue weighted by Crippen LogP contribution is 2.23. The molecule has 1 aromatic heterocycles. The van der Waals surface area contributed by atoms with Gasteiger partial charge in [0.1, 0.15) is 16.8 Å². The zero-order valence-electron chi connectivity index (χ0n) is 12.2. The minimum atomic E-state index is 0.162. The maximum Gasteiger partial charge on any atom is 0.137 e. The monoisotopic (exact) mass is 285 g/mol. The third-order valence-corrected chi connectivity index (χ3v) is 3.54. The number of aryl methyl sites for hydroxylation is 1. The highest BCUT2D eigenvalue weighted by Gasteiger charge is 2.16. The van der Waals surface area contributed by atoms with Gasteiger partial charge in [-0.1, -0.05) is 32.4 Å². The zero-order chi connectivity index (χ0) is 14.4. The number of nitrogens with zero attached hydrogens (tertiary/aromatic N) is 2. The van der Waals surface area contributed by atoms with Gasteiger partial charge in [0, 0.05) is 24.6 Å². The Morgan fingerprint density at radius 1 is 1.32 bits per heavy atom. The quantitative estimate of drug-likeness (QED) is 0.755. The minimum Gasteiger partial charge on any atom is -0.396 e. The van der Waals surface area contributed by atoms with Gasteiger partial charge < -0.3 is 10.4 Å². The van der Waals surface area contributed by atoms with Crippen molar-refractivity contribution < 1.29 is 5.11 Å². The van der Waals surface area contributed by atoms with Crippen molar-refractivity contribution in [3.05, 3.63) is 16.5 Å². The number of halogens is 1. The number of aromatic nitrogens is 2. The van der Waals surface area contributed by atoms with Crippen molar-refractivity contribution in [2.24, 2.45) is 5.92 Å². The van der Waals surface area contributed by atoms with Crippen molar-refractivity contribution in [2.75, 3.05) is 11.9 Å². The average Bonchev–Trinajstić information content (AvgIpc) is 2.34. The summed E-state index contributed by atoms with van der Waals surface area (Å²) in [5.41, 5.74) is 0.866. The first-order valence-electron chi connectivity index (χ1n) is 6.90. The topological polar surface area (TPSA) is 58.0 Å². The lowest BCUT2D eigenvalue weighted by Gasteiger charge is -2.23. The number of rotatable bonds is 7. The molecule has 0 aliphatic heterocycles. The molecule has 108 valence electrons. The van der Waals surface area contributed by atoms with E-state index >= 15 is 0 Å². The number of aliphatic hydroxyl groups excluding tert-OH is 1. The van der Waals surface area contributed by atoms with Crippen LogP contribution < -0.4 is 5.32 Å². The fourth-order valence-electron chi connectivity index (χ4n) is 1.90. The summed E-state index contributed by atoms with van der Waals surface area (Å²) in [6, 6.07) is 0.184. The van der Waals surface area contributed by atoms with Gasteiger partial charge in [-0.25, -0.2) is 9.97 Å². The molecule has 0 bridgehead atoms. The van der Waals surface area contributed by atoms with Crippen molar-refractivity contribution in [1.82, 2.24) is 9.97 Å². The molecule has 0 radical (unpaired) electrons. The molecular weight excluding hydrogens is 262 g/mol. The molecule has 2 N–H and O–H groups in total. The summed E-state index contributed by atoms with van der Waals surface area (Å²) in [5, 5.41) is 13.0. The highest BCUT2D eigenvalue weighted by atomic mass is 35.5. The predicted molar refractivity (Wildman–Crippen MR) is 79.7 cm³/mol. The Labute approximate surface area is 120 Å². The SMILES string of the molecule is CCCc1nc(Cl)c(C)c(NC(CCO)C(C)C)n1. The van der Waals surface area contributed by atoms with Crippen molar-refractivity contribution >= 4 is 17.4 Å². The van der Waals surface area contributed by atoms with Gasteiger partial charge >= 0.3 is 0 Å². The third-order valence-electron chi connectivity index (χ3n) is 3.17. The molecule has 1 atom stereocenters. The fourth-order valence-corrected chi connectivity index (χ4v) is 2.08. The van der Waals surface area contributed by atoms with Crippen LogP contribution in [0.2, 0.25) is 5.15 Å². The number of hydrogen-bond acceptors (Lipinski definition) is 4.